The SMILES string of the molecule is COc1cc(C(=O)NNC(=O)N(c2ccccc2)c2ccccc2)nc2ccccc12. The minimum absolute atomic E-state index is 0.127. The lowest BCUT2D eigenvalue weighted by Crippen LogP contribution is -2.47. The molecule has 3 aromatic carbocycles. The largest absolute Gasteiger partial charge is 0.496 e. The lowest BCUT2D eigenvalue weighted by atomic mass is 10.2. The van der Waals surface area contributed by atoms with Gasteiger partial charge in [-0.2, -0.15) is 0 Å². The molecule has 0 aliphatic carbocycles. The molecule has 4 rings (SSSR count). The van der Waals surface area contributed by atoms with E-state index in [0.717, 1.165) is 5.39 Å². The van der Waals surface area contributed by atoms with Gasteiger partial charge in [-0.3, -0.25) is 15.1 Å². The summed E-state index contributed by atoms with van der Waals surface area (Å²) in [5.41, 5.74) is 6.97. The summed E-state index contributed by atoms with van der Waals surface area (Å²) >= 11 is 0. The van der Waals surface area contributed by atoms with Gasteiger partial charge in [-0.15, -0.1) is 0 Å². The van der Waals surface area contributed by atoms with Crippen LogP contribution in [0.4, 0.5) is 16.2 Å². The topological polar surface area (TPSA) is 83.6 Å². The first kappa shape index (κ1) is 19.9. The molecule has 0 fully saturated rings. The second kappa shape index (κ2) is 8.96. The molecule has 0 radical (unpaired) electrons. The predicted molar refractivity (Wildman–Crippen MR) is 119 cm³/mol. The summed E-state index contributed by atoms with van der Waals surface area (Å²) in [4.78, 5) is 31.5. The molecule has 1 heterocycles. The normalized spacial score (nSPS) is 10.4. The van der Waals surface area contributed by atoms with E-state index in [1.807, 2.05) is 78.9 Å². The second-order valence-corrected chi connectivity index (χ2v) is 6.62. The Hall–Kier alpha value is -4.39. The number of nitrogens with one attached hydrogen (secondary N) is 2. The zero-order valence-electron chi connectivity index (χ0n) is 16.8. The van der Waals surface area contributed by atoms with Crippen molar-refractivity contribution >= 4 is 34.2 Å². The summed E-state index contributed by atoms with van der Waals surface area (Å²) in [6.45, 7) is 0. The van der Waals surface area contributed by atoms with Crippen LogP contribution in [0.3, 0.4) is 0 Å². The molecule has 31 heavy (non-hydrogen) atoms. The number of urea groups is 1. The quantitative estimate of drug-likeness (QED) is 0.486. The minimum Gasteiger partial charge on any atom is -0.496 e. The van der Waals surface area contributed by atoms with Gasteiger partial charge in [-0.05, 0) is 36.4 Å². The van der Waals surface area contributed by atoms with Crippen molar-refractivity contribution in [2.45, 2.75) is 0 Å². The van der Waals surface area contributed by atoms with Crippen molar-refractivity contribution in [3.63, 3.8) is 0 Å². The molecule has 4 aromatic rings. The average Bonchev–Trinajstić information content (AvgIpc) is 2.83. The number of benzene rings is 3. The lowest BCUT2D eigenvalue weighted by molar-refractivity contribution is 0.0932. The van der Waals surface area contributed by atoms with Crippen molar-refractivity contribution in [1.82, 2.24) is 15.8 Å². The van der Waals surface area contributed by atoms with E-state index in [0.29, 0.717) is 22.6 Å². The highest BCUT2D eigenvalue weighted by Gasteiger charge is 2.19. The standard InChI is InChI=1S/C24H20N4O3/c1-31-22-16-21(25-20-15-9-8-14-19(20)22)23(29)26-27-24(30)28(17-10-4-2-5-11-17)18-12-6-3-7-13-18/h2-16H,1H3,(H,26,29)(H,27,30). The maximum absolute atomic E-state index is 13.0. The number of ether oxygens (including phenoxy) is 1. The fourth-order valence-electron chi connectivity index (χ4n) is 3.20. The molecule has 7 heteroatoms. The molecule has 154 valence electrons. The Kier molecular flexibility index (Phi) is 5.75. The first-order valence-corrected chi connectivity index (χ1v) is 9.61. The van der Waals surface area contributed by atoms with E-state index < -0.39 is 11.9 Å². The van der Waals surface area contributed by atoms with Crippen LogP contribution in [0.15, 0.2) is 91.0 Å². The van der Waals surface area contributed by atoms with Crippen molar-refractivity contribution < 1.29 is 14.3 Å². The summed E-state index contributed by atoms with van der Waals surface area (Å²) in [5.74, 6) is -0.0317. The maximum atomic E-state index is 13.0. The van der Waals surface area contributed by atoms with Crippen LogP contribution >= 0.6 is 0 Å². The van der Waals surface area contributed by atoms with E-state index in [2.05, 4.69) is 15.8 Å². The molecular formula is C24H20N4O3. The third-order valence-corrected chi connectivity index (χ3v) is 4.65. The highest BCUT2D eigenvalue weighted by Crippen LogP contribution is 2.26. The van der Waals surface area contributed by atoms with Gasteiger partial charge in [-0.1, -0.05) is 48.5 Å². The molecule has 0 saturated carbocycles. The van der Waals surface area contributed by atoms with Crippen LogP contribution in [-0.2, 0) is 0 Å². The molecule has 0 atom stereocenters. The number of hydrazine groups is 1. The Labute approximate surface area is 179 Å². The Bertz CT molecular complexity index is 1170. The van der Waals surface area contributed by atoms with Gasteiger partial charge in [0.2, 0.25) is 0 Å². The van der Waals surface area contributed by atoms with Gasteiger partial charge in [0.1, 0.15) is 11.4 Å². The molecule has 0 bridgehead atoms. The van der Waals surface area contributed by atoms with Crippen molar-refractivity contribution in [2.75, 3.05) is 12.0 Å². The van der Waals surface area contributed by atoms with Crippen LogP contribution in [0.2, 0.25) is 0 Å². The molecule has 2 N–H and O–H groups in total. The number of para-hydroxylation sites is 3. The van der Waals surface area contributed by atoms with Crippen LogP contribution in [-0.4, -0.2) is 24.0 Å². The zero-order chi connectivity index (χ0) is 21.6. The van der Waals surface area contributed by atoms with Crippen LogP contribution < -0.4 is 20.5 Å². The van der Waals surface area contributed by atoms with E-state index >= 15 is 0 Å². The molecular weight excluding hydrogens is 392 g/mol. The highest BCUT2D eigenvalue weighted by atomic mass is 16.5. The summed E-state index contributed by atoms with van der Waals surface area (Å²) in [6.07, 6.45) is 0. The third-order valence-electron chi connectivity index (χ3n) is 4.65. The molecule has 3 amide bonds. The van der Waals surface area contributed by atoms with Gasteiger partial charge < -0.3 is 4.74 Å². The van der Waals surface area contributed by atoms with E-state index in [-0.39, 0.29) is 5.69 Å². The number of hydrogen-bond donors (Lipinski definition) is 2. The van der Waals surface area contributed by atoms with E-state index in [1.165, 1.54) is 18.1 Å². The van der Waals surface area contributed by atoms with E-state index in [4.69, 9.17) is 4.74 Å². The van der Waals surface area contributed by atoms with Gasteiger partial charge in [0, 0.05) is 11.5 Å². The zero-order valence-corrected chi connectivity index (χ0v) is 16.8. The van der Waals surface area contributed by atoms with Crippen molar-refractivity contribution in [1.29, 1.82) is 0 Å². The van der Waals surface area contributed by atoms with Gasteiger partial charge in [-0.25, -0.2) is 15.2 Å². The van der Waals surface area contributed by atoms with Crippen molar-refractivity contribution in [3.8, 4) is 5.75 Å². The van der Waals surface area contributed by atoms with Crippen LogP contribution in [0, 0.1) is 0 Å². The molecule has 0 unspecified atom stereocenters. The third kappa shape index (κ3) is 4.30. The van der Waals surface area contributed by atoms with E-state index in [1.54, 1.807) is 6.07 Å². The number of pyridine rings is 1. The number of fused-ring (bicyclic) bond motifs is 1. The number of rotatable bonds is 4. The molecule has 0 aliphatic rings. The number of carbonyl (C=O) groups is 2. The van der Waals surface area contributed by atoms with Crippen molar-refractivity contribution in [3.05, 3.63) is 96.7 Å². The fourth-order valence-corrected chi connectivity index (χ4v) is 3.20. The fraction of sp³-hybridized carbons (Fsp3) is 0.0417. The molecule has 1 aromatic heterocycles. The number of nitrogens with zero attached hydrogens (tertiary/aromatic N) is 2. The van der Waals surface area contributed by atoms with Gasteiger partial charge >= 0.3 is 6.03 Å². The lowest BCUT2D eigenvalue weighted by Gasteiger charge is -2.23. The van der Waals surface area contributed by atoms with Crippen LogP contribution in [0.1, 0.15) is 10.5 Å². The summed E-state index contributed by atoms with van der Waals surface area (Å²) in [7, 11) is 1.53. The van der Waals surface area contributed by atoms with Gasteiger partial charge in [0.05, 0.1) is 24.0 Å². The molecule has 7 nitrogen and oxygen atoms in total. The van der Waals surface area contributed by atoms with Crippen LogP contribution in [0.5, 0.6) is 5.75 Å². The summed E-state index contributed by atoms with van der Waals surface area (Å²) in [6, 6.07) is 26.7. The minimum atomic E-state index is -0.557. The monoisotopic (exact) mass is 412 g/mol. The number of methoxy groups -OCH3 is 1. The van der Waals surface area contributed by atoms with Gasteiger partial charge in [0.25, 0.3) is 5.91 Å². The average molecular weight is 412 g/mol. The Morgan fingerprint density at radius 2 is 1.39 bits per heavy atom. The number of carbonyl (C=O) groups excluding carboxylic acids is 2. The predicted octanol–water partition coefficient (Wildman–Crippen LogP) is 4.44. The molecule has 0 saturated heterocycles. The number of amides is 3. The number of hydrogen-bond acceptors (Lipinski definition) is 4. The van der Waals surface area contributed by atoms with Crippen LogP contribution in [0.25, 0.3) is 10.9 Å². The molecule has 0 aliphatic heterocycles. The smallest absolute Gasteiger partial charge is 0.345 e. The highest BCUT2D eigenvalue weighted by molar-refractivity contribution is 6.02. The van der Waals surface area contributed by atoms with Gasteiger partial charge in [0.15, 0.2) is 0 Å². The Morgan fingerprint density at radius 3 is 2.00 bits per heavy atom. The summed E-state index contributed by atoms with van der Waals surface area (Å²) < 4.78 is 5.38. The number of aromatic nitrogens is 1. The second-order valence-electron chi connectivity index (χ2n) is 6.62. The van der Waals surface area contributed by atoms with Crippen molar-refractivity contribution in [2.24, 2.45) is 0 Å². The Balaban J connectivity index is 1.55. The molecule has 0 spiro atoms. The Morgan fingerprint density at radius 1 is 0.806 bits per heavy atom. The number of anilines is 2. The first-order chi connectivity index (χ1) is 15.2. The first-order valence-electron chi connectivity index (χ1n) is 9.61. The van der Waals surface area contributed by atoms with E-state index in [9.17, 15) is 9.59 Å². The maximum Gasteiger partial charge on any atom is 0.345 e. The summed E-state index contributed by atoms with van der Waals surface area (Å²) in [5, 5.41) is 0.796.